The molecule has 112 valence electrons. The number of hydrogen-bond acceptors (Lipinski definition) is 2. The van der Waals surface area contributed by atoms with Gasteiger partial charge in [-0.1, -0.05) is 39.5 Å². The molecule has 0 aliphatic heterocycles. The van der Waals surface area contributed by atoms with E-state index >= 15 is 0 Å². The maximum atomic E-state index is 11.6. The maximum absolute atomic E-state index is 11.6. The number of carboxylic acids is 1. The molecule has 0 heterocycles. The molecule has 2 unspecified atom stereocenters. The Morgan fingerprint density at radius 3 is 2.32 bits per heavy atom. The number of carboxylic acid groups (broad SMARTS) is 1. The molecular formula is C15H29NO3. The van der Waals surface area contributed by atoms with E-state index in [1.54, 1.807) is 6.92 Å². The number of carbonyl (C=O) groups excluding carboxylic acids is 1. The summed E-state index contributed by atoms with van der Waals surface area (Å²) in [7, 11) is 0. The predicted molar refractivity (Wildman–Crippen MR) is 77.0 cm³/mol. The van der Waals surface area contributed by atoms with Gasteiger partial charge >= 0.3 is 5.97 Å². The summed E-state index contributed by atoms with van der Waals surface area (Å²) in [4.78, 5) is 22.3. The number of nitrogens with one attached hydrogen (secondary N) is 1. The van der Waals surface area contributed by atoms with Crippen LogP contribution in [0.2, 0.25) is 0 Å². The highest BCUT2D eigenvalue weighted by molar-refractivity contribution is 5.76. The van der Waals surface area contributed by atoms with Crippen LogP contribution in [0, 0.1) is 5.92 Å². The second kappa shape index (κ2) is 10.8. The number of carbonyl (C=O) groups is 2. The van der Waals surface area contributed by atoms with E-state index in [1.165, 1.54) is 12.8 Å². The molecule has 1 amide bonds. The lowest BCUT2D eigenvalue weighted by Gasteiger charge is -2.14. The molecule has 4 nitrogen and oxygen atoms in total. The van der Waals surface area contributed by atoms with Gasteiger partial charge in [0.15, 0.2) is 0 Å². The summed E-state index contributed by atoms with van der Waals surface area (Å²) in [5.74, 6) is -0.917. The van der Waals surface area contributed by atoms with Crippen LogP contribution in [0.15, 0.2) is 0 Å². The van der Waals surface area contributed by atoms with Gasteiger partial charge in [-0.05, 0) is 26.2 Å². The summed E-state index contributed by atoms with van der Waals surface area (Å²) in [5, 5.41) is 11.7. The van der Waals surface area contributed by atoms with Crippen molar-refractivity contribution in [3.8, 4) is 0 Å². The van der Waals surface area contributed by atoms with Crippen molar-refractivity contribution in [2.24, 2.45) is 5.92 Å². The zero-order chi connectivity index (χ0) is 14.7. The normalized spacial score (nSPS) is 13.8. The van der Waals surface area contributed by atoms with E-state index in [-0.39, 0.29) is 17.9 Å². The minimum absolute atomic E-state index is 0.120. The SMILES string of the molecule is CCCCCCC(=O)NC(C)CCCC(C)C(=O)O. The number of amides is 1. The van der Waals surface area contributed by atoms with E-state index in [9.17, 15) is 9.59 Å². The molecule has 0 radical (unpaired) electrons. The minimum Gasteiger partial charge on any atom is -0.481 e. The van der Waals surface area contributed by atoms with Crippen LogP contribution in [0.25, 0.3) is 0 Å². The molecule has 0 aromatic rings. The second-order valence-electron chi connectivity index (χ2n) is 5.45. The van der Waals surface area contributed by atoms with Gasteiger partial charge < -0.3 is 10.4 Å². The largest absolute Gasteiger partial charge is 0.481 e. The Morgan fingerprint density at radius 1 is 1.05 bits per heavy atom. The minimum atomic E-state index is -0.743. The molecule has 0 rings (SSSR count). The number of rotatable bonds is 11. The third-order valence-electron chi connectivity index (χ3n) is 3.36. The van der Waals surface area contributed by atoms with E-state index in [2.05, 4.69) is 12.2 Å². The standard InChI is InChI=1S/C15H29NO3/c1-4-5-6-7-11-14(17)16-13(3)10-8-9-12(2)15(18)19/h12-13H,4-11H2,1-3H3,(H,16,17)(H,18,19). The molecule has 0 aliphatic rings. The molecule has 19 heavy (non-hydrogen) atoms. The van der Waals surface area contributed by atoms with Crippen LogP contribution < -0.4 is 5.32 Å². The summed E-state index contributed by atoms with van der Waals surface area (Å²) in [6.07, 6.45) is 7.41. The zero-order valence-electron chi connectivity index (χ0n) is 12.6. The van der Waals surface area contributed by atoms with Crippen LogP contribution in [0.1, 0.15) is 72.1 Å². The highest BCUT2D eigenvalue weighted by Gasteiger charge is 2.12. The highest BCUT2D eigenvalue weighted by atomic mass is 16.4. The van der Waals surface area contributed by atoms with Crippen LogP contribution in [-0.4, -0.2) is 23.0 Å². The van der Waals surface area contributed by atoms with Crippen LogP contribution >= 0.6 is 0 Å². The molecule has 0 aliphatic carbocycles. The fraction of sp³-hybridized carbons (Fsp3) is 0.867. The first-order valence-corrected chi connectivity index (χ1v) is 7.49. The van der Waals surface area contributed by atoms with Gasteiger partial charge in [-0.2, -0.15) is 0 Å². The monoisotopic (exact) mass is 271 g/mol. The number of aliphatic carboxylic acids is 1. The third-order valence-corrected chi connectivity index (χ3v) is 3.36. The Bertz CT molecular complexity index is 266. The zero-order valence-corrected chi connectivity index (χ0v) is 12.6. The van der Waals surface area contributed by atoms with Gasteiger partial charge in [0.2, 0.25) is 5.91 Å². The summed E-state index contributed by atoms with van der Waals surface area (Å²) < 4.78 is 0. The smallest absolute Gasteiger partial charge is 0.306 e. The van der Waals surface area contributed by atoms with Crippen molar-refractivity contribution in [3.63, 3.8) is 0 Å². The molecule has 0 bridgehead atoms. The average Bonchev–Trinajstić information content (AvgIpc) is 2.34. The Labute approximate surface area is 117 Å². The summed E-state index contributed by atoms with van der Waals surface area (Å²) in [5.41, 5.74) is 0. The van der Waals surface area contributed by atoms with Gasteiger partial charge in [-0.3, -0.25) is 9.59 Å². The molecule has 2 N–H and O–H groups in total. The molecule has 0 spiro atoms. The predicted octanol–water partition coefficient (Wildman–Crippen LogP) is 3.35. The van der Waals surface area contributed by atoms with E-state index in [1.807, 2.05) is 6.92 Å². The summed E-state index contributed by atoms with van der Waals surface area (Å²) in [6.45, 7) is 5.86. The van der Waals surface area contributed by atoms with Crippen molar-refractivity contribution in [1.29, 1.82) is 0 Å². The van der Waals surface area contributed by atoms with Crippen LogP contribution in [0.5, 0.6) is 0 Å². The van der Waals surface area contributed by atoms with Crippen LogP contribution in [0.4, 0.5) is 0 Å². The fourth-order valence-electron chi connectivity index (χ4n) is 1.99. The highest BCUT2D eigenvalue weighted by Crippen LogP contribution is 2.10. The molecular weight excluding hydrogens is 242 g/mol. The first-order valence-electron chi connectivity index (χ1n) is 7.49. The van der Waals surface area contributed by atoms with Crippen LogP contribution in [-0.2, 0) is 9.59 Å². The second-order valence-corrected chi connectivity index (χ2v) is 5.45. The van der Waals surface area contributed by atoms with Gasteiger partial charge in [0.1, 0.15) is 0 Å². The molecule has 0 aromatic carbocycles. The molecule has 4 heteroatoms. The van der Waals surface area contributed by atoms with Gasteiger partial charge in [0.05, 0.1) is 5.92 Å². The van der Waals surface area contributed by atoms with Gasteiger partial charge in [-0.25, -0.2) is 0 Å². The van der Waals surface area contributed by atoms with Gasteiger partial charge in [0, 0.05) is 12.5 Å². The van der Waals surface area contributed by atoms with E-state index in [4.69, 9.17) is 5.11 Å². The first-order chi connectivity index (χ1) is 8.97. The quantitative estimate of drug-likeness (QED) is 0.566. The van der Waals surface area contributed by atoms with Crippen molar-refractivity contribution in [2.75, 3.05) is 0 Å². The van der Waals surface area contributed by atoms with Gasteiger partial charge in [-0.15, -0.1) is 0 Å². The van der Waals surface area contributed by atoms with Gasteiger partial charge in [0.25, 0.3) is 0 Å². The van der Waals surface area contributed by atoms with Crippen molar-refractivity contribution in [3.05, 3.63) is 0 Å². The lowest BCUT2D eigenvalue weighted by Crippen LogP contribution is -2.32. The Balaban J connectivity index is 3.59. The summed E-state index contributed by atoms with van der Waals surface area (Å²) in [6, 6.07) is 0.139. The molecule has 0 saturated heterocycles. The average molecular weight is 271 g/mol. The topological polar surface area (TPSA) is 66.4 Å². The lowest BCUT2D eigenvalue weighted by molar-refractivity contribution is -0.141. The molecule has 0 aromatic heterocycles. The van der Waals surface area contributed by atoms with E-state index < -0.39 is 5.97 Å². The molecule has 2 atom stereocenters. The first kappa shape index (κ1) is 17.9. The van der Waals surface area contributed by atoms with Crippen LogP contribution in [0.3, 0.4) is 0 Å². The Kier molecular flexibility index (Phi) is 10.2. The maximum Gasteiger partial charge on any atom is 0.306 e. The fourth-order valence-corrected chi connectivity index (χ4v) is 1.99. The van der Waals surface area contributed by atoms with E-state index in [0.717, 1.165) is 25.7 Å². The Morgan fingerprint density at radius 2 is 1.74 bits per heavy atom. The van der Waals surface area contributed by atoms with E-state index in [0.29, 0.717) is 12.8 Å². The van der Waals surface area contributed by atoms with Crippen molar-refractivity contribution < 1.29 is 14.7 Å². The Hall–Kier alpha value is -1.06. The van der Waals surface area contributed by atoms with Crippen molar-refractivity contribution in [1.82, 2.24) is 5.32 Å². The summed E-state index contributed by atoms with van der Waals surface area (Å²) >= 11 is 0. The van der Waals surface area contributed by atoms with Crippen molar-refractivity contribution in [2.45, 2.75) is 78.2 Å². The third kappa shape index (κ3) is 10.5. The molecule has 0 saturated carbocycles. The molecule has 0 fully saturated rings. The number of unbranched alkanes of at least 4 members (excludes halogenated alkanes) is 3. The van der Waals surface area contributed by atoms with Crippen molar-refractivity contribution >= 4 is 11.9 Å². The lowest BCUT2D eigenvalue weighted by atomic mass is 10.0. The number of hydrogen-bond donors (Lipinski definition) is 2.